The molecule has 138 valence electrons. The molecule has 0 radical (unpaired) electrons. The number of piperazine rings is 1. The topological polar surface area (TPSA) is 19.0 Å². The summed E-state index contributed by atoms with van der Waals surface area (Å²) in [6.45, 7) is 4.85. The molecular weight excluding hydrogens is 353 g/mol. The molecular formula is C20H23ClFN3O. The van der Waals surface area contributed by atoms with Crippen molar-refractivity contribution in [1.82, 2.24) is 4.90 Å². The number of hydrogen-bond acceptors (Lipinski definition) is 4. The quantitative estimate of drug-likeness (QED) is 0.809. The molecule has 4 nitrogen and oxygen atoms in total. The summed E-state index contributed by atoms with van der Waals surface area (Å²) in [5, 5.41) is 0.170. The van der Waals surface area contributed by atoms with E-state index in [0.717, 1.165) is 67.5 Å². The molecule has 0 spiro atoms. The van der Waals surface area contributed by atoms with Gasteiger partial charge in [0, 0.05) is 44.1 Å². The lowest BCUT2D eigenvalue weighted by atomic mass is 10.1. The van der Waals surface area contributed by atoms with Crippen molar-refractivity contribution in [3.63, 3.8) is 0 Å². The Morgan fingerprint density at radius 3 is 2.50 bits per heavy atom. The monoisotopic (exact) mass is 375 g/mol. The SMILES string of the molecule is COc1ccc(N2CCc3cc(F)c(Cl)cc32)cc1N1CCN(C)CC1. The van der Waals surface area contributed by atoms with Gasteiger partial charge in [-0.1, -0.05) is 11.6 Å². The van der Waals surface area contributed by atoms with Crippen molar-refractivity contribution in [3.8, 4) is 5.75 Å². The zero-order valence-electron chi connectivity index (χ0n) is 15.1. The average molecular weight is 376 g/mol. The van der Waals surface area contributed by atoms with E-state index in [1.807, 2.05) is 6.07 Å². The van der Waals surface area contributed by atoms with E-state index in [2.05, 4.69) is 33.9 Å². The first-order valence-electron chi connectivity index (χ1n) is 8.94. The van der Waals surface area contributed by atoms with Gasteiger partial charge in [0.15, 0.2) is 0 Å². The first kappa shape index (κ1) is 17.4. The molecule has 6 heteroatoms. The number of rotatable bonds is 3. The minimum Gasteiger partial charge on any atom is -0.495 e. The minimum absolute atomic E-state index is 0.170. The predicted octanol–water partition coefficient (Wildman–Crippen LogP) is 3.93. The van der Waals surface area contributed by atoms with Crippen LogP contribution in [-0.2, 0) is 6.42 Å². The lowest BCUT2D eigenvalue weighted by Gasteiger charge is -2.35. The van der Waals surface area contributed by atoms with E-state index >= 15 is 0 Å². The lowest BCUT2D eigenvalue weighted by Crippen LogP contribution is -2.44. The van der Waals surface area contributed by atoms with E-state index in [-0.39, 0.29) is 10.8 Å². The molecule has 0 unspecified atom stereocenters. The predicted molar refractivity (Wildman–Crippen MR) is 105 cm³/mol. The van der Waals surface area contributed by atoms with Gasteiger partial charge >= 0.3 is 0 Å². The van der Waals surface area contributed by atoms with Crippen LogP contribution in [0.15, 0.2) is 30.3 Å². The highest BCUT2D eigenvalue weighted by atomic mass is 35.5. The number of hydrogen-bond donors (Lipinski definition) is 0. The number of ether oxygens (including phenoxy) is 1. The third-order valence-corrected chi connectivity index (χ3v) is 5.62. The van der Waals surface area contributed by atoms with Crippen LogP contribution >= 0.6 is 11.6 Å². The van der Waals surface area contributed by atoms with Crippen LogP contribution in [0.2, 0.25) is 5.02 Å². The van der Waals surface area contributed by atoms with Crippen LogP contribution in [-0.4, -0.2) is 51.8 Å². The van der Waals surface area contributed by atoms with Crippen molar-refractivity contribution < 1.29 is 9.13 Å². The molecule has 2 aromatic carbocycles. The molecule has 0 aromatic heterocycles. The zero-order chi connectivity index (χ0) is 18.3. The van der Waals surface area contributed by atoms with Gasteiger partial charge in [-0.2, -0.15) is 0 Å². The molecule has 4 rings (SSSR count). The number of fused-ring (bicyclic) bond motifs is 1. The highest BCUT2D eigenvalue weighted by Crippen LogP contribution is 2.40. The van der Waals surface area contributed by atoms with Gasteiger partial charge in [-0.15, -0.1) is 0 Å². The van der Waals surface area contributed by atoms with Gasteiger partial charge in [0.05, 0.1) is 17.8 Å². The Hall–Kier alpha value is -1.98. The van der Waals surface area contributed by atoms with Crippen LogP contribution in [0.1, 0.15) is 5.56 Å². The second kappa shape index (κ2) is 6.97. The van der Waals surface area contributed by atoms with Crippen molar-refractivity contribution in [2.75, 3.05) is 56.7 Å². The standard InChI is InChI=1S/C20H23ClFN3O/c1-23-7-9-24(10-8-23)19-12-15(3-4-20(19)26-2)25-6-5-14-11-17(22)16(21)13-18(14)25/h3-4,11-13H,5-10H2,1-2H3. The van der Waals surface area contributed by atoms with Crippen molar-refractivity contribution in [2.24, 2.45) is 0 Å². The summed E-state index contributed by atoms with van der Waals surface area (Å²) in [7, 11) is 3.86. The molecule has 2 heterocycles. The normalized spacial score (nSPS) is 17.5. The minimum atomic E-state index is -0.347. The summed E-state index contributed by atoms with van der Waals surface area (Å²) in [5.41, 5.74) is 4.19. The van der Waals surface area contributed by atoms with Gasteiger partial charge in [-0.05, 0) is 49.4 Å². The molecule has 2 aliphatic rings. The number of benzene rings is 2. The molecule has 0 amide bonds. The first-order chi connectivity index (χ1) is 12.6. The second-order valence-electron chi connectivity index (χ2n) is 6.94. The Balaban J connectivity index is 1.69. The molecule has 0 bridgehead atoms. The summed E-state index contributed by atoms with van der Waals surface area (Å²) in [6, 6.07) is 9.55. The van der Waals surface area contributed by atoms with Crippen LogP contribution in [0.25, 0.3) is 0 Å². The number of methoxy groups -OCH3 is 1. The van der Waals surface area contributed by atoms with Crippen LogP contribution in [0.5, 0.6) is 5.75 Å². The Kier molecular flexibility index (Phi) is 4.67. The third-order valence-electron chi connectivity index (χ3n) is 5.34. The van der Waals surface area contributed by atoms with E-state index in [0.29, 0.717) is 0 Å². The van der Waals surface area contributed by atoms with Gasteiger partial charge in [0.25, 0.3) is 0 Å². The molecule has 0 aliphatic carbocycles. The fourth-order valence-corrected chi connectivity index (χ4v) is 3.95. The largest absolute Gasteiger partial charge is 0.495 e. The number of anilines is 3. The first-order valence-corrected chi connectivity index (χ1v) is 9.31. The number of nitrogens with zero attached hydrogens (tertiary/aromatic N) is 3. The third kappa shape index (κ3) is 3.10. The van der Waals surface area contributed by atoms with Crippen molar-refractivity contribution >= 4 is 28.7 Å². The van der Waals surface area contributed by atoms with Crippen LogP contribution in [0.3, 0.4) is 0 Å². The van der Waals surface area contributed by atoms with Crippen LogP contribution in [0, 0.1) is 5.82 Å². The Labute approximate surface area is 158 Å². The fraction of sp³-hybridized carbons (Fsp3) is 0.400. The average Bonchev–Trinajstić information content (AvgIpc) is 3.05. The van der Waals surface area contributed by atoms with E-state index in [1.54, 1.807) is 19.2 Å². The van der Waals surface area contributed by atoms with E-state index < -0.39 is 0 Å². The Morgan fingerprint density at radius 1 is 1.00 bits per heavy atom. The zero-order valence-corrected chi connectivity index (χ0v) is 15.9. The van der Waals surface area contributed by atoms with E-state index in [1.165, 1.54) is 0 Å². The van der Waals surface area contributed by atoms with Gasteiger partial charge in [-0.3, -0.25) is 0 Å². The fourth-order valence-electron chi connectivity index (χ4n) is 3.79. The molecule has 2 aliphatic heterocycles. The summed E-state index contributed by atoms with van der Waals surface area (Å²) in [4.78, 5) is 6.91. The van der Waals surface area contributed by atoms with Gasteiger partial charge in [-0.25, -0.2) is 4.39 Å². The summed E-state index contributed by atoms with van der Waals surface area (Å²) < 4.78 is 19.4. The highest BCUT2D eigenvalue weighted by molar-refractivity contribution is 6.31. The summed E-state index contributed by atoms with van der Waals surface area (Å²) in [5.74, 6) is 0.537. The molecule has 1 fully saturated rings. The maximum atomic E-state index is 13.8. The van der Waals surface area contributed by atoms with Gasteiger partial charge in [0.1, 0.15) is 11.6 Å². The molecule has 26 heavy (non-hydrogen) atoms. The maximum Gasteiger partial charge on any atom is 0.142 e. The van der Waals surface area contributed by atoms with Crippen molar-refractivity contribution in [2.45, 2.75) is 6.42 Å². The van der Waals surface area contributed by atoms with Crippen LogP contribution in [0.4, 0.5) is 21.5 Å². The number of halogens is 2. The molecule has 0 atom stereocenters. The maximum absolute atomic E-state index is 13.8. The summed E-state index contributed by atoms with van der Waals surface area (Å²) >= 11 is 6.02. The Bertz CT molecular complexity index is 821. The van der Waals surface area contributed by atoms with E-state index in [4.69, 9.17) is 16.3 Å². The van der Waals surface area contributed by atoms with Gasteiger partial charge < -0.3 is 19.4 Å². The highest BCUT2D eigenvalue weighted by Gasteiger charge is 2.25. The summed E-state index contributed by atoms with van der Waals surface area (Å²) in [6.07, 6.45) is 0.819. The number of likely N-dealkylation sites (N-methyl/N-ethyl adjacent to an activating group) is 1. The molecule has 2 aromatic rings. The van der Waals surface area contributed by atoms with Crippen LogP contribution < -0.4 is 14.5 Å². The molecule has 0 saturated carbocycles. The molecule has 0 N–H and O–H groups in total. The Morgan fingerprint density at radius 2 is 1.77 bits per heavy atom. The smallest absolute Gasteiger partial charge is 0.142 e. The van der Waals surface area contributed by atoms with E-state index in [9.17, 15) is 4.39 Å². The van der Waals surface area contributed by atoms with Crippen molar-refractivity contribution in [3.05, 3.63) is 46.7 Å². The molecule has 1 saturated heterocycles. The lowest BCUT2D eigenvalue weighted by molar-refractivity contribution is 0.311. The van der Waals surface area contributed by atoms with Crippen molar-refractivity contribution in [1.29, 1.82) is 0 Å². The van der Waals surface area contributed by atoms with Gasteiger partial charge in [0.2, 0.25) is 0 Å². The second-order valence-corrected chi connectivity index (χ2v) is 7.35.